The largest absolute Gasteiger partial charge is 0.0843 e. The van der Waals surface area contributed by atoms with E-state index in [1.165, 1.54) is 16.7 Å². The predicted octanol–water partition coefficient (Wildman–Crippen LogP) is 5.20. The van der Waals surface area contributed by atoms with Crippen molar-refractivity contribution in [2.45, 2.75) is 26.7 Å². The number of halogens is 2. The van der Waals surface area contributed by atoms with Gasteiger partial charge >= 0.3 is 0 Å². The summed E-state index contributed by atoms with van der Waals surface area (Å²) in [7, 11) is 0. The van der Waals surface area contributed by atoms with E-state index < -0.39 is 0 Å². The van der Waals surface area contributed by atoms with E-state index in [4.69, 9.17) is 23.2 Å². The van der Waals surface area contributed by atoms with Crippen molar-refractivity contribution >= 4 is 23.2 Å². The molecule has 2 aromatic rings. The number of aryl methyl sites for hydroxylation is 3. The van der Waals surface area contributed by atoms with Crippen LogP contribution in [0.4, 0.5) is 0 Å². The Labute approximate surface area is 119 Å². The lowest BCUT2D eigenvalue weighted by Crippen LogP contribution is -1.96. The van der Waals surface area contributed by atoms with Crippen LogP contribution in [0.2, 0.25) is 10.0 Å². The average molecular weight is 278 g/mol. The van der Waals surface area contributed by atoms with Crippen molar-refractivity contribution in [3.05, 3.63) is 68.7 Å². The van der Waals surface area contributed by atoms with Crippen LogP contribution in [-0.2, 0) is 12.8 Å². The Bertz CT molecular complexity index is 559. The summed E-state index contributed by atoms with van der Waals surface area (Å²) < 4.78 is 0. The second kappa shape index (κ2) is 5.77. The molecule has 2 heteroatoms. The molecule has 2 aromatic carbocycles. The van der Waals surface area contributed by atoms with Crippen molar-refractivity contribution in [1.29, 1.82) is 0 Å². The molecular weight excluding hydrogens is 263 g/mol. The lowest BCUT2D eigenvalue weighted by Gasteiger charge is -2.09. The van der Waals surface area contributed by atoms with Crippen molar-refractivity contribution in [2.75, 3.05) is 0 Å². The molecule has 0 bridgehead atoms. The number of benzene rings is 2. The molecule has 0 aromatic heterocycles. The summed E-state index contributed by atoms with van der Waals surface area (Å²) in [6.07, 6.45) is 1.87. The molecule has 0 aliphatic heterocycles. The third kappa shape index (κ3) is 3.07. The molecule has 0 unspecified atom stereocenters. The Morgan fingerprint density at radius 2 is 1.83 bits per heavy atom. The molecule has 0 atom stereocenters. The van der Waals surface area contributed by atoms with E-state index in [2.05, 4.69) is 26.0 Å². The standard InChI is InChI=1S/C16H15Cl2/c1-11-4-3-5-13(12(11)2)6-7-14-8-9-15(17)10-16(14)18/h3-4,8-10H,6-7H2,1-2H3. The maximum absolute atomic E-state index is 6.17. The first-order valence-corrected chi connectivity index (χ1v) is 6.74. The lowest BCUT2D eigenvalue weighted by molar-refractivity contribution is 0.943. The quantitative estimate of drug-likeness (QED) is 0.724. The second-order valence-corrected chi connectivity index (χ2v) is 5.34. The van der Waals surface area contributed by atoms with Crippen LogP contribution in [-0.4, -0.2) is 0 Å². The summed E-state index contributed by atoms with van der Waals surface area (Å²) in [5, 5.41) is 1.43. The smallest absolute Gasteiger partial charge is 0.0452 e. The first-order chi connectivity index (χ1) is 8.58. The normalized spacial score (nSPS) is 10.7. The van der Waals surface area contributed by atoms with Crippen LogP contribution in [0.15, 0.2) is 30.3 Å². The van der Waals surface area contributed by atoms with Crippen LogP contribution in [0.1, 0.15) is 22.3 Å². The third-order valence-electron chi connectivity index (χ3n) is 3.29. The average Bonchev–Trinajstić information content (AvgIpc) is 2.33. The molecule has 0 spiro atoms. The summed E-state index contributed by atoms with van der Waals surface area (Å²) in [5.41, 5.74) is 5.03. The van der Waals surface area contributed by atoms with Gasteiger partial charge in [-0.2, -0.15) is 0 Å². The van der Waals surface area contributed by atoms with E-state index in [0.29, 0.717) is 5.02 Å². The maximum Gasteiger partial charge on any atom is 0.0452 e. The van der Waals surface area contributed by atoms with Crippen LogP contribution >= 0.6 is 23.2 Å². The molecular formula is C16H15Cl2. The molecule has 0 saturated heterocycles. The van der Waals surface area contributed by atoms with Gasteiger partial charge in [-0.05, 0) is 67.1 Å². The predicted molar refractivity (Wildman–Crippen MR) is 78.6 cm³/mol. The maximum atomic E-state index is 6.17. The van der Waals surface area contributed by atoms with Gasteiger partial charge < -0.3 is 0 Å². The molecule has 2 rings (SSSR count). The van der Waals surface area contributed by atoms with E-state index in [1.54, 1.807) is 6.07 Å². The monoisotopic (exact) mass is 277 g/mol. The van der Waals surface area contributed by atoms with Gasteiger partial charge in [0, 0.05) is 10.0 Å². The minimum Gasteiger partial charge on any atom is -0.0843 e. The van der Waals surface area contributed by atoms with Crippen LogP contribution in [0.3, 0.4) is 0 Å². The Kier molecular flexibility index (Phi) is 4.31. The minimum atomic E-state index is 0.682. The second-order valence-electron chi connectivity index (χ2n) is 4.50. The molecule has 0 N–H and O–H groups in total. The zero-order chi connectivity index (χ0) is 13.1. The first-order valence-electron chi connectivity index (χ1n) is 5.98. The van der Waals surface area contributed by atoms with Gasteiger partial charge in [0.15, 0.2) is 0 Å². The molecule has 0 aliphatic carbocycles. The van der Waals surface area contributed by atoms with Gasteiger partial charge in [-0.15, -0.1) is 0 Å². The zero-order valence-electron chi connectivity index (χ0n) is 10.6. The Morgan fingerprint density at radius 3 is 2.56 bits per heavy atom. The van der Waals surface area contributed by atoms with Crippen LogP contribution < -0.4 is 0 Å². The van der Waals surface area contributed by atoms with Crippen molar-refractivity contribution in [3.8, 4) is 0 Å². The fraction of sp³-hybridized carbons (Fsp3) is 0.250. The zero-order valence-corrected chi connectivity index (χ0v) is 12.1. The number of hydrogen-bond donors (Lipinski definition) is 0. The van der Waals surface area contributed by atoms with Crippen LogP contribution in [0.25, 0.3) is 0 Å². The van der Waals surface area contributed by atoms with Crippen molar-refractivity contribution in [3.63, 3.8) is 0 Å². The van der Waals surface area contributed by atoms with Gasteiger partial charge in [-0.25, -0.2) is 0 Å². The summed E-state index contributed by atoms with van der Waals surface area (Å²) in [5.74, 6) is 0. The molecule has 0 saturated carbocycles. The van der Waals surface area contributed by atoms with E-state index in [1.807, 2.05) is 18.2 Å². The highest BCUT2D eigenvalue weighted by molar-refractivity contribution is 6.35. The highest BCUT2D eigenvalue weighted by Crippen LogP contribution is 2.23. The summed E-state index contributed by atoms with van der Waals surface area (Å²) in [6.45, 7) is 4.27. The molecule has 0 aliphatic rings. The SMILES string of the molecule is Cc1cc[c]c(CCc2ccc(Cl)cc2Cl)c1C. The van der Waals surface area contributed by atoms with Gasteiger partial charge in [0.1, 0.15) is 0 Å². The first kappa shape index (κ1) is 13.5. The van der Waals surface area contributed by atoms with Crippen molar-refractivity contribution < 1.29 is 0 Å². The summed E-state index contributed by atoms with van der Waals surface area (Å²) >= 11 is 12.1. The topological polar surface area (TPSA) is 0 Å². The van der Waals surface area contributed by atoms with E-state index >= 15 is 0 Å². The van der Waals surface area contributed by atoms with Gasteiger partial charge in [0.2, 0.25) is 0 Å². The molecule has 1 radical (unpaired) electrons. The highest BCUT2D eigenvalue weighted by Gasteiger charge is 2.05. The molecule has 18 heavy (non-hydrogen) atoms. The number of hydrogen-bond acceptors (Lipinski definition) is 0. The molecule has 0 heterocycles. The fourth-order valence-corrected chi connectivity index (χ4v) is 2.49. The lowest BCUT2D eigenvalue weighted by atomic mass is 9.97. The fourth-order valence-electron chi connectivity index (χ4n) is 1.98. The third-order valence-corrected chi connectivity index (χ3v) is 3.88. The molecule has 0 nitrogen and oxygen atoms in total. The summed E-state index contributed by atoms with van der Waals surface area (Å²) in [6, 6.07) is 13.1. The van der Waals surface area contributed by atoms with Crippen molar-refractivity contribution in [2.24, 2.45) is 0 Å². The highest BCUT2D eigenvalue weighted by atomic mass is 35.5. The van der Waals surface area contributed by atoms with Gasteiger partial charge in [-0.1, -0.05) is 41.4 Å². The van der Waals surface area contributed by atoms with Crippen molar-refractivity contribution in [1.82, 2.24) is 0 Å². The Morgan fingerprint density at radius 1 is 1.06 bits per heavy atom. The molecule has 0 amide bonds. The van der Waals surface area contributed by atoms with E-state index in [9.17, 15) is 0 Å². The Hall–Kier alpha value is -0.980. The minimum absolute atomic E-state index is 0.682. The Balaban J connectivity index is 2.14. The van der Waals surface area contributed by atoms with Gasteiger partial charge in [-0.3, -0.25) is 0 Å². The van der Waals surface area contributed by atoms with E-state index in [0.717, 1.165) is 23.4 Å². The van der Waals surface area contributed by atoms with E-state index in [-0.39, 0.29) is 0 Å². The van der Waals surface area contributed by atoms with Gasteiger partial charge in [0.05, 0.1) is 0 Å². The number of rotatable bonds is 3. The van der Waals surface area contributed by atoms with Crippen LogP contribution in [0.5, 0.6) is 0 Å². The van der Waals surface area contributed by atoms with Gasteiger partial charge in [0.25, 0.3) is 0 Å². The van der Waals surface area contributed by atoms with Crippen LogP contribution in [0, 0.1) is 19.9 Å². The molecule has 0 fully saturated rings. The summed E-state index contributed by atoms with van der Waals surface area (Å²) in [4.78, 5) is 0. The molecule has 93 valence electrons.